The van der Waals surface area contributed by atoms with E-state index < -0.39 is 17.8 Å². The van der Waals surface area contributed by atoms with Crippen molar-refractivity contribution in [2.45, 2.75) is 6.92 Å². The SMILES string of the molecule is CCOC(=O)C(=O)Nc1cscc1C(=O)OC. The van der Waals surface area contributed by atoms with Crippen molar-refractivity contribution in [3.63, 3.8) is 0 Å². The Morgan fingerprint density at radius 3 is 2.65 bits per heavy atom. The number of hydrogen-bond acceptors (Lipinski definition) is 6. The number of hydrogen-bond donors (Lipinski definition) is 1. The largest absolute Gasteiger partial charge is 0.465 e. The van der Waals surface area contributed by atoms with Gasteiger partial charge in [-0.1, -0.05) is 0 Å². The Morgan fingerprint density at radius 1 is 1.35 bits per heavy atom. The molecule has 0 saturated carbocycles. The van der Waals surface area contributed by atoms with Crippen molar-refractivity contribution in [1.82, 2.24) is 0 Å². The van der Waals surface area contributed by atoms with Gasteiger partial charge in [0, 0.05) is 10.8 Å². The van der Waals surface area contributed by atoms with Crippen molar-refractivity contribution in [3.05, 3.63) is 16.3 Å². The highest BCUT2D eigenvalue weighted by Crippen LogP contribution is 2.21. The lowest BCUT2D eigenvalue weighted by molar-refractivity contribution is -0.152. The van der Waals surface area contributed by atoms with Crippen LogP contribution >= 0.6 is 11.3 Å². The molecule has 1 heterocycles. The average molecular weight is 257 g/mol. The van der Waals surface area contributed by atoms with Gasteiger partial charge in [-0.2, -0.15) is 0 Å². The lowest BCUT2D eigenvalue weighted by Gasteiger charge is -2.04. The van der Waals surface area contributed by atoms with Crippen LogP contribution in [0.25, 0.3) is 0 Å². The van der Waals surface area contributed by atoms with E-state index in [1.165, 1.54) is 29.2 Å². The van der Waals surface area contributed by atoms with Gasteiger partial charge in [0.15, 0.2) is 0 Å². The molecule has 7 heteroatoms. The summed E-state index contributed by atoms with van der Waals surface area (Å²) in [6.07, 6.45) is 0. The van der Waals surface area contributed by atoms with Crippen molar-refractivity contribution >= 4 is 34.9 Å². The first-order chi connectivity index (χ1) is 8.10. The highest BCUT2D eigenvalue weighted by molar-refractivity contribution is 7.08. The standard InChI is InChI=1S/C10H11NO5S/c1-3-16-10(14)8(12)11-7-5-17-4-6(7)9(13)15-2/h4-5H,3H2,1-2H3,(H,11,12). The minimum absolute atomic E-state index is 0.111. The van der Waals surface area contributed by atoms with E-state index in [2.05, 4.69) is 14.8 Å². The maximum Gasteiger partial charge on any atom is 0.397 e. The highest BCUT2D eigenvalue weighted by atomic mass is 32.1. The second-order valence-corrected chi connectivity index (χ2v) is 3.61. The zero-order chi connectivity index (χ0) is 12.8. The van der Waals surface area contributed by atoms with Crippen LogP contribution in [0.4, 0.5) is 5.69 Å². The van der Waals surface area contributed by atoms with E-state index in [-0.39, 0.29) is 17.9 Å². The van der Waals surface area contributed by atoms with Crippen LogP contribution in [0.2, 0.25) is 0 Å². The summed E-state index contributed by atoms with van der Waals surface area (Å²) < 4.78 is 9.04. The molecule has 92 valence electrons. The zero-order valence-electron chi connectivity index (χ0n) is 9.31. The van der Waals surface area contributed by atoms with Crippen molar-refractivity contribution in [2.75, 3.05) is 19.0 Å². The smallest absolute Gasteiger partial charge is 0.397 e. The van der Waals surface area contributed by atoms with Gasteiger partial charge in [-0.05, 0) is 6.92 Å². The lowest BCUT2D eigenvalue weighted by atomic mass is 10.3. The number of methoxy groups -OCH3 is 1. The molecule has 0 aliphatic carbocycles. The van der Waals surface area contributed by atoms with E-state index in [0.717, 1.165) is 0 Å². The second-order valence-electron chi connectivity index (χ2n) is 2.87. The number of rotatable bonds is 3. The molecule has 0 aliphatic heterocycles. The summed E-state index contributed by atoms with van der Waals surface area (Å²) in [6.45, 7) is 1.70. The van der Waals surface area contributed by atoms with Crippen LogP contribution in [0.1, 0.15) is 17.3 Å². The fourth-order valence-electron chi connectivity index (χ4n) is 1.03. The molecule has 0 spiro atoms. The van der Waals surface area contributed by atoms with Crippen LogP contribution in [0.15, 0.2) is 10.8 Å². The number of amides is 1. The van der Waals surface area contributed by atoms with Gasteiger partial charge in [-0.15, -0.1) is 11.3 Å². The number of anilines is 1. The van der Waals surface area contributed by atoms with E-state index in [4.69, 9.17) is 0 Å². The Balaban J connectivity index is 2.75. The molecule has 0 radical (unpaired) electrons. The third-order valence-electron chi connectivity index (χ3n) is 1.78. The van der Waals surface area contributed by atoms with Gasteiger partial charge < -0.3 is 14.8 Å². The maximum atomic E-state index is 11.3. The summed E-state index contributed by atoms with van der Waals surface area (Å²) in [5.41, 5.74) is 0.440. The van der Waals surface area contributed by atoms with Crippen molar-refractivity contribution in [2.24, 2.45) is 0 Å². The van der Waals surface area contributed by atoms with Crippen molar-refractivity contribution in [3.8, 4) is 0 Å². The summed E-state index contributed by atoms with van der Waals surface area (Å²) in [6, 6.07) is 0. The van der Waals surface area contributed by atoms with Crippen LogP contribution < -0.4 is 5.32 Å². The fourth-order valence-corrected chi connectivity index (χ4v) is 1.78. The Bertz CT molecular complexity index is 440. The summed E-state index contributed by atoms with van der Waals surface area (Å²) >= 11 is 1.21. The number of thiophene rings is 1. The summed E-state index contributed by atoms with van der Waals surface area (Å²) in [5, 5.41) is 5.34. The first-order valence-corrected chi connectivity index (χ1v) is 5.67. The molecule has 0 aromatic carbocycles. The van der Waals surface area contributed by atoms with Crippen LogP contribution in [0.5, 0.6) is 0 Å². The quantitative estimate of drug-likeness (QED) is 0.646. The minimum atomic E-state index is -0.991. The zero-order valence-corrected chi connectivity index (χ0v) is 10.1. The van der Waals surface area contributed by atoms with Crippen molar-refractivity contribution < 1.29 is 23.9 Å². The Labute approximate surface area is 102 Å². The van der Waals surface area contributed by atoms with Crippen molar-refractivity contribution in [1.29, 1.82) is 0 Å². The molecule has 6 nitrogen and oxygen atoms in total. The van der Waals surface area contributed by atoms with Crippen LogP contribution in [0, 0.1) is 0 Å². The topological polar surface area (TPSA) is 81.7 Å². The third kappa shape index (κ3) is 3.28. The molecule has 1 rings (SSSR count). The normalized spacial score (nSPS) is 9.53. The van der Waals surface area contributed by atoms with Gasteiger partial charge in [-0.3, -0.25) is 4.79 Å². The van der Waals surface area contributed by atoms with Gasteiger partial charge in [0.2, 0.25) is 0 Å². The molecule has 0 bridgehead atoms. The maximum absolute atomic E-state index is 11.3. The number of esters is 2. The summed E-state index contributed by atoms with van der Waals surface area (Å²) in [7, 11) is 1.23. The van der Waals surface area contributed by atoms with E-state index in [0.29, 0.717) is 0 Å². The molecule has 1 N–H and O–H groups in total. The summed E-state index contributed by atoms with van der Waals surface area (Å²) in [4.78, 5) is 33.7. The molecule has 0 fully saturated rings. The molecule has 1 amide bonds. The third-order valence-corrected chi connectivity index (χ3v) is 2.52. The summed E-state index contributed by atoms with van der Waals surface area (Å²) in [5.74, 6) is -2.49. The van der Waals surface area contributed by atoms with Crippen LogP contribution in [-0.4, -0.2) is 31.6 Å². The average Bonchev–Trinajstić information content (AvgIpc) is 2.76. The van der Waals surface area contributed by atoms with E-state index in [1.807, 2.05) is 0 Å². The predicted octanol–water partition coefficient (Wildman–Crippen LogP) is 1.04. The first kappa shape index (κ1) is 13.2. The number of carbonyl (C=O) groups excluding carboxylic acids is 3. The van der Waals surface area contributed by atoms with Gasteiger partial charge in [0.05, 0.1) is 25.0 Å². The molecule has 0 aliphatic rings. The molecule has 1 aromatic rings. The molecule has 0 unspecified atom stereocenters. The van der Waals surface area contributed by atoms with E-state index in [1.54, 1.807) is 6.92 Å². The molecule has 0 saturated heterocycles. The predicted molar refractivity (Wildman–Crippen MR) is 60.9 cm³/mol. The van der Waals surface area contributed by atoms with Gasteiger partial charge in [0.25, 0.3) is 0 Å². The lowest BCUT2D eigenvalue weighted by Crippen LogP contribution is -2.25. The molecular formula is C10H11NO5S. The first-order valence-electron chi connectivity index (χ1n) is 4.72. The molecular weight excluding hydrogens is 246 g/mol. The second kappa shape index (κ2) is 6.00. The van der Waals surface area contributed by atoms with Crippen LogP contribution in [-0.2, 0) is 19.1 Å². The van der Waals surface area contributed by atoms with Gasteiger partial charge >= 0.3 is 17.8 Å². The number of carbonyl (C=O) groups is 3. The fraction of sp³-hybridized carbons (Fsp3) is 0.300. The van der Waals surface area contributed by atoms with Crippen LogP contribution in [0.3, 0.4) is 0 Å². The number of nitrogens with one attached hydrogen (secondary N) is 1. The molecule has 0 atom stereocenters. The highest BCUT2D eigenvalue weighted by Gasteiger charge is 2.19. The monoisotopic (exact) mass is 257 g/mol. The number of ether oxygens (including phenoxy) is 2. The Hall–Kier alpha value is -1.89. The minimum Gasteiger partial charge on any atom is -0.465 e. The van der Waals surface area contributed by atoms with E-state index >= 15 is 0 Å². The Morgan fingerprint density at radius 2 is 2.06 bits per heavy atom. The van der Waals surface area contributed by atoms with E-state index in [9.17, 15) is 14.4 Å². The molecule has 17 heavy (non-hydrogen) atoms. The van der Waals surface area contributed by atoms with Gasteiger partial charge in [0.1, 0.15) is 0 Å². The van der Waals surface area contributed by atoms with Gasteiger partial charge in [-0.25, -0.2) is 9.59 Å². The Kier molecular flexibility index (Phi) is 4.65. The molecule has 1 aromatic heterocycles.